The van der Waals surface area contributed by atoms with Crippen molar-refractivity contribution in [1.29, 1.82) is 0 Å². The fourth-order valence-corrected chi connectivity index (χ4v) is 1.58. The molecular weight excluding hydrogens is 288 g/mol. The van der Waals surface area contributed by atoms with E-state index in [0.29, 0.717) is 0 Å². The third-order valence-corrected chi connectivity index (χ3v) is 2.55. The fourth-order valence-electron chi connectivity index (χ4n) is 1.41. The molecule has 1 aromatic carbocycles. The number of aromatic nitrogens is 1. The van der Waals surface area contributed by atoms with Crippen molar-refractivity contribution < 1.29 is 19.6 Å². The summed E-state index contributed by atoms with van der Waals surface area (Å²) in [7, 11) is 0. The lowest BCUT2D eigenvalue weighted by Crippen LogP contribution is -2.00. The molecule has 7 nitrogen and oxygen atoms in total. The highest BCUT2D eigenvalue weighted by molar-refractivity contribution is 6.31. The van der Waals surface area contributed by atoms with Crippen LogP contribution in [0.1, 0.15) is 10.4 Å². The van der Waals surface area contributed by atoms with Crippen LogP contribution in [0.25, 0.3) is 0 Å². The summed E-state index contributed by atoms with van der Waals surface area (Å²) >= 11 is 5.71. The zero-order valence-corrected chi connectivity index (χ0v) is 10.6. The minimum absolute atomic E-state index is 0.0421. The van der Waals surface area contributed by atoms with E-state index >= 15 is 0 Å². The highest BCUT2D eigenvalue weighted by Gasteiger charge is 2.14. The molecule has 0 unspecified atom stereocenters. The molecule has 1 heterocycles. The van der Waals surface area contributed by atoms with Gasteiger partial charge in [0.15, 0.2) is 0 Å². The Kier molecular flexibility index (Phi) is 3.81. The van der Waals surface area contributed by atoms with Crippen LogP contribution in [0.4, 0.5) is 5.69 Å². The second kappa shape index (κ2) is 5.54. The Morgan fingerprint density at radius 1 is 1.35 bits per heavy atom. The molecule has 0 aliphatic heterocycles. The zero-order valence-electron chi connectivity index (χ0n) is 9.82. The number of ether oxygens (including phenoxy) is 1. The number of carboxylic acids is 1. The predicted molar refractivity (Wildman–Crippen MR) is 69.4 cm³/mol. The molecule has 0 aliphatic carbocycles. The van der Waals surface area contributed by atoms with Gasteiger partial charge in [-0.15, -0.1) is 0 Å². The number of hydrogen-bond donors (Lipinski definition) is 1. The van der Waals surface area contributed by atoms with Crippen molar-refractivity contribution in [3.63, 3.8) is 0 Å². The number of aromatic carboxylic acids is 1. The summed E-state index contributed by atoms with van der Waals surface area (Å²) in [5, 5.41) is 19.8. The topological polar surface area (TPSA) is 103 Å². The maximum atomic E-state index is 11.1. The molecular formula is C12H7ClN2O5. The number of nitro groups is 1. The Bertz CT molecular complexity index is 672. The van der Waals surface area contributed by atoms with Crippen LogP contribution in [0.3, 0.4) is 0 Å². The van der Waals surface area contributed by atoms with E-state index < -0.39 is 10.9 Å². The van der Waals surface area contributed by atoms with Gasteiger partial charge in [-0.25, -0.2) is 9.78 Å². The van der Waals surface area contributed by atoms with E-state index in [1.54, 1.807) is 0 Å². The number of hydrogen-bond acceptors (Lipinski definition) is 5. The van der Waals surface area contributed by atoms with Crippen molar-refractivity contribution >= 4 is 23.3 Å². The lowest BCUT2D eigenvalue weighted by atomic mass is 10.2. The van der Waals surface area contributed by atoms with Crippen LogP contribution >= 0.6 is 11.6 Å². The normalized spacial score (nSPS) is 10.1. The molecule has 0 fully saturated rings. The SMILES string of the molecule is O=C(O)c1cc(Cl)ccc1Oc1ccc([N+](=O)[O-])cn1. The van der Waals surface area contributed by atoms with Crippen molar-refractivity contribution in [3.05, 3.63) is 57.2 Å². The first-order valence-electron chi connectivity index (χ1n) is 5.28. The van der Waals surface area contributed by atoms with Crippen LogP contribution in [0.15, 0.2) is 36.5 Å². The summed E-state index contributed by atoms with van der Waals surface area (Å²) < 4.78 is 5.29. The zero-order chi connectivity index (χ0) is 14.7. The molecule has 102 valence electrons. The van der Waals surface area contributed by atoms with Crippen molar-refractivity contribution in [2.75, 3.05) is 0 Å². The van der Waals surface area contributed by atoms with Gasteiger partial charge in [0, 0.05) is 17.2 Å². The van der Waals surface area contributed by atoms with Crippen LogP contribution < -0.4 is 4.74 Å². The van der Waals surface area contributed by atoms with E-state index in [0.717, 1.165) is 6.20 Å². The van der Waals surface area contributed by atoms with Crippen LogP contribution in [0.2, 0.25) is 5.02 Å². The molecule has 2 aromatic rings. The lowest BCUT2D eigenvalue weighted by molar-refractivity contribution is -0.385. The van der Waals surface area contributed by atoms with Crippen molar-refractivity contribution in [2.45, 2.75) is 0 Å². The summed E-state index contributed by atoms with van der Waals surface area (Å²) in [6, 6.07) is 6.57. The lowest BCUT2D eigenvalue weighted by Gasteiger charge is -2.07. The molecule has 1 N–H and O–H groups in total. The molecule has 0 radical (unpaired) electrons. The third-order valence-electron chi connectivity index (χ3n) is 2.32. The van der Waals surface area contributed by atoms with E-state index in [-0.39, 0.29) is 27.9 Å². The Morgan fingerprint density at radius 2 is 2.10 bits per heavy atom. The molecule has 0 aliphatic rings. The Morgan fingerprint density at radius 3 is 2.65 bits per heavy atom. The molecule has 0 spiro atoms. The molecule has 0 atom stereocenters. The Balaban J connectivity index is 2.30. The van der Waals surface area contributed by atoms with Gasteiger partial charge in [-0.2, -0.15) is 0 Å². The molecule has 2 rings (SSSR count). The van der Waals surface area contributed by atoms with E-state index in [2.05, 4.69) is 4.98 Å². The van der Waals surface area contributed by atoms with E-state index in [4.69, 9.17) is 21.4 Å². The van der Waals surface area contributed by atoms with Gasteiger partial charge in [-0.1, -0.05) is 11.6 Å². The van der Waals surface area contributed by atoms with Gasteiger partial charge in [0.2, 0.25) is 5.88 Å². The quantitative estimate of drug-likeness (QED) is 0.686. The first-order chi connectivity index (χ1) is 9.47. The van der Waals surface area contributed by atoms with Crippen LogP contribution in [-0.4, -0.2) is 21.0 Å². The summed E-state index contributed by atoms with van der Waals surface area (Å²) in [6.07, 6.45) is 1.02. The highest BCUT2D eigenvalue weighted by Crippen LogP contribution is 2.27. The van der Waals surface area contributed by atoms with Gasteiger partial charge < -0.3 is 9.84 Å². The minimum atomic E-state index is -1.20. The summed E-state index contributed by atoms with van der Waals surface area (Å²) in [5.74, 6) is -1.12. The van der Waals surface area contributed by atoms with Gasteiger partial charge in [0.25, 0.3) is 5.69 Å². The van der Waals surface area contributed by atoms with Crippen molar-refractivity contribution in [1.82, 2.24) is 4.98 Å². The smallest absolute Gasteiger partial charge is 0.339 e. The number of halogens is 1. The van der Waals surface area contributed by atoms with E-state index in [9.17, 15) is 14.9 Å². The molecule has 1 aromatic heterocycles. The number of nitrogens with zero attached hydrogens (tertiary/aromatic N) is 2. The maximum absolute atomic E-state index is 11.1. The minimum Gasteiger partial charge on any atom is -0.478 e. The monoisotopic (exact) mass is 294 g/mol. The number of carboxylic acid groups (broad SMARTS) is 1. The summed E-state index contributed by atoms with van der Waals surface area (Å²) in [5.41, 5.74) is -0.315. The van der Waals surface area contributed by atoms with Gasteiger partial charge in [-0.3, -0.25) is 10.1 Å². The summed E-state index contributed by atoms with van der Waals surface area (Å²) in [6.45, 7) is 0. The number of rotatable bonds is 4. The maximum Gasteiger partial charge on any atom is 0.339 e. The Labute approximate surface area is 117 Å². The highest BCUT2D eigenvalue weighted by atomic mass is 35.5. The van der Waals surface area contributed by atoms with Crippen LogP contribution in [0.5, 0.6) is 11.6 Å². The third kappa shape index (κ3) is 3.01. The van der Waals surface area contributed by atoms with Gasteiger partial charge >= 0.3 is 5.97 Å². The number of pyridine rings is 1. The molecule has 0 amide bonds. The standard InChI is InChI=1S/C12H7ClN2O5/c13-7-1-3-10(9(5-7)12(16)17)20-11-4-2-8(6-14-11)15(18)19/h1-6H,(H,16,17). The molecule has 0 bridgehead atoms. The van der Waals surface area contributed by atoms with E-state index in [1.165, 1.54) is 30.3 Å². The van der Waals surface area contributed by atoms with Crippen LogP contribution in [0, 0.1) is 10.1 Å². The molecule has 8 heteroatoms. The molecule has 20 heavy (non-hydrogen) atoms. The Hall–Kier alpha value is -2.67. The van der Waals surface area contributed by atoms with Gasteiger partial charge in [0.1, 0.15) is 17.5 Å². The molecule has 0 saturated carbocycles. The van der Waals surface area contributed by atoms with Crippen molar-refractivity contribution in [2.24, 2.45) is 0 Å². The van der Waals surface area contributed by atoms with Gasteiger partial charge in [-0.05, 0) is 18.2 Å². The van der Waals surface area contributed by atoms with Crippen LogP contribution in [-0.2, 0) is 0 Å². The average molecular weight is 295 g/mol. The van der Waals surface area contributed by atoms with E-state index in [1.807, 2.05) is 0 Å². The number of benzene rings is 1. The number of carbonyl (C=O) groups is 1. The average Bonchev–Trinajstić information content (AvgIpc) is 2.41. The second-order valence-corrected chi connectivity index (χ2v) is 4.10. The summed E-state index contributed by atoms with van der Waals surface area (Å²) in [4.78, 5) is 24.7. The molecule has 0 saturated heterocycles. The largest absolute Gasteiger partial charge is 0.478 e. The van der Waals surface area contributed by atoms with Gasteiger partial charge in [0.05, 0.1) is 4.92 Å². The first kappa shape index (κ1) is 13.8. The van der Waals surface area contributed by atoms with Crippen molar-refractivity contribution in [3.8, 4) is 11.6 Å². The fraction of sp³-hybridized carbons (Fsp3) is 0. The predicted octanol–water partition coefficient (Wildman–Crippen LogP) is 3.13. The first-order valence-corrected chi connectivity index (χ1v) is 5.66. The second-order valence-electron chi connectivity index (χ2n) is 3.66.